The molecule has 0 aliphatic carbocycles. The van der Waals surface area contributed by atoms with Gasteiger partial charge >= 0.3 is 0 Å². The number of benzene rings is 1. The van der Waals surface area contributed by atoms with Gasteiger partial charge in [0.05, 0.1) is 7.11 Å². The molecule has 2 heterocycles. The number of nitrogens with zero attached hydrogens (tertiary/aromatic N) is 2. The largest absolute Gasteiger partial charge is 0.497 e. The van der Waals surface area contributed by atoms with E-state index in [1.165, 1.54) is 44.3 Å². The minimum Gasteiger partial charge on any atom is -0.497 e. The van der Waals surface area contributed by atoms with Crippen molar-refractivity contribution in [1.29, 1.82) is 0 Å². The van der Waals surface area contributed by atoms with E-state index in [4.69, 9.17) is 4.74 Å². The minimum atomic E-state index is 0.310. The average Bonchev–Trinajstić information content (AvgIpc) is 2.96. The number of hydrogen-bond donors (Lipinski definition) is 0. The van der Waals surface area contributed by atoms with Gasteiger partial charge in [0.15, 0.2) is 0 Å². The maximum absolute atomic E-state index is 12.5. The maximum atomic E-state index is 12.5. The first-order valence-corrected chi connectivity index (χ1v) is 9.91. The summed E-state index contributed by atoms with van der Waals surface area (Å²) in [6, 6.07) is 8.73. The lowest BCUT2D eigenvalue weighted by atomic mass is 10.0. The summed E-state index contributed by atoms with van der Waals surface area (Å²) in [6.45, 7) is 4.39. The van der Waals surface area contributed by atoms with Crippen LogP contribution in [0.1, 0.15) is 50.5 Å². The molecule has 0 unspecified atom stereocenters. The van der Waals surface area contributed by atoms with Crippen LogP contribution >= 0.6 is 0 Å². The van der Waals surface area contributed by atoms with Crippen LogP contribution in [0.2, 0.25) is 0 Å². The second-order valence-corrected chi connectivity index (χ2v) is 7.41. The Hall–Kier alpha value is -1.55. The molecule has 3 rings (SSSR count). The minimum absolute atomic E-state index is 0.310. The molecule has 0 aromatic heterocycles. The van der Waals surface area contributed by atoms with Crippen molar-refractivity contribution in [2.45, 2.75) is 57.4 Å². The highest BCUT2D eigenvalue weighted by Crippen LogP contribution is 2.21. The van der Waals surface area contributed by atoms with E-state index in [9.17, 15) is 4.79 Å². The van der Waals surface area contributed by atoms with E-state index in [0.717, 1.165) is 38.1 Å². The van der Waals surface area contributed by atoms with Crippen LogP contribution in [-0.2, 0) is 11.2 Å². The predicted octanol–water partition coefficient (Wildman–Crippen LogP) is 3.49. The highest BCUT2D eigenvalue weighted by atomic mass is 16.5. The number of ether oxygens (including phenoxy) is 1. The molecule has 0 bridgehead atoms. The Morgan fingerprint density at radius 3 is 2.24 bits per heavy atom. The predicted molar refractivity (Wildman–Crippen MR) is 101 cm³/mol. The third-order valence-corrected chi connectivity index (χ3v) is 5.76. The maximum Gasteiger partial charge on any atom is 0.222 e. The molecule has 0 atom stereocenters. The van der Waals surface area contributed by atoms with E-state index >= 15 is 0 Å². The van der Waals surface area contributed by atoms with Crippen LogP contribution < -0.4 is 4.74 Å². The summed E-state index contributed by atoms with van der Waals surface area (Å²) in [5.74, 6) is 1.18. The van der Waals surface area contributed by atoms with Crippen LogP contribution in [0, 0.1) is 0 Å². The van der Waals surface area contributed by atoms with E-state index in [0.29, 0.717) is 18.4 Å². The third kappa shape index (κ3) is 5.21. The fourth-order valence-electron chi connectivity index (χ4n) is 4.14. The zero-order chi connectivity index (χ0) is 17.5. The first-order chi connectivity index (χ1) is 12.3. The molecule has 0 radical (unpaired) electrons. The molecule has 0 spiro atoms. The van der Waals surface area contributed by atoms with Crippen LogP contribution in [0.4, 0.5) is 0 Å². The number of carbonyl (C=O) groups excluding carboxylic acids is 1. The van der Waals surface area contributed by atoms with Gasteiger partial charge in [-0.2, -0.15) is 0 Å². The van der Waals surface area contributed by atoms with Crippen LogP contribution in [0.25, 0.3) is 0 Å². The number of rotatable bonds is 5. The number of aryl methyl sites for hydroxylation is 1. The van der Waals surface area contributed by atoms with Gasteiger partial charge in [-0.3, -0.25) is 4.79 Å². The van der Waals surface area contributed by atoms with Crippen molar-refractivity contribution in [3.63, 3.8) is 0 Å². The van der Waals surface area contributed by atoms with Gasteiger partial charge in [0, 0.05) is 25.6 Å². The second-order valence-electron chi connectivity index (χ2n) is 7.41. The SMILES string of the molecule is COc1ccc(CCC(=O)N2CCC(N3CCCCCC3)CC2)cc1. The van der Waals surface area contributed by atoms with E-state index in [-0.39, 0.29) is 0 Å². The Bertz CT molecular complexity index is 527. The van der Waals surface area contributed by atoms with Crippen molar-refractivity contribution in [1.82, 2.24) is 9.80 Å². The molecule has 2 fully saturated rings. The summed E-state index contributed by atoms with van der Waals surface area (Å²) in [6.07, 6.45) is 9.19. The van der Waals surface area contributed by atoms with Crippen molar-refractivity contribution in [2.24, 2.45) is 0 Å². The van der Waals surface area contributed by atoms with E-state index < -0.39 is 0 Å². The monoisotopic (exact) mass is 344 g/mol. The number of likely N-dealkylation sites (tertiary alicyclic amines) is 2. The van der Waals surface area contributed by atoms with Gasteiger partial charge < -0.3 is 14.5 Å². The topological polar surface area (TPSA) is 32.8 Å². The normalized spacial score (nSPS) is 20.3. The Labute approximate surface area is 152 Å². The summed E-state index contributed by atoms with van der Waals surface area (Å²) in [4.78, 5) is 17.3. The number of piperidine rings is 1. The lowest BCUT2D eigenvalue weighted by Gasteiger charge is -2.38. The average molecular weight is 344 g/mol. The number of carbonyl (C=O) groups is 1. The summed E-state index contributed by atoms with van der Waals surface area (Å²) >= 11 is 0. The van der Waals surface area contributed by atoms with Crippen molar-refractivity contribution in [2.75, 3.05) is 33.3 Å². The van der Waals surface area contributed by atoms with Gasteiger partial charge in [-0.15, -0.1) is 0 Å². The van der Waals surface area contributed by atoms with Crippen LogP contribution in [0.3, 0.4) is 0 Å². The highest BCUT2D eigenvalue weighted by Gasteiger charge is 2.26. The molecule has 0 saturated carbocycles. The molecule has 0 N–H and O–H groups in total. The molecular weight excluding hydrogens is 312 g/mol. The van der Waals surface area contributed by atoms with E-state index in [1.807, 2.05) is 12.1 Å². The smallest absolute Gasteiger partial charge is 0.222 e. The zero-order valence-electron chi connectivity index (χ0n) is 15.6. The summed E-state index contributed by atoms with van der Waals surface area (Å²) < 4.78 is 5.18. The van der Waals surface area contributed by atoms with Crippen molar-refractivity contribution in [3.8, 4) is 5.75 Å². The zero-order valence-corrected chi connectivity index (χ0v) is 15.6. The van der Waals surface area contributed by atoms with Gasteiger partial charge in [0.2, 0.25) is 5.91 Å². The van der Waals surface area contributed by atoms with Crippen LogP contribution in [0.15, 0.2) is 24.3 Å². The quantitative estimate of drug-likeness (QED) is 0.820. The first-order valence-electron chi connectivity index (χ1n) is 9.91. The van der Waals surface area contributed by atoms with Gasteiger partial charge in [0.1, 0.15) is 5.75 Å². The Balaban J connectivity index is 1.41. The molecule has 138 valence electrons. The lowest BCUT2D eigenvalue weighted by molar-refractivity contribution is -0.132. The number of amides is 1. The van der Waals surface area contributed by atoms with Gasteiger partial charge in [-0.25, -0.2) is 0 Å². The van der Waals surface area contributed by atoms with Gasteiger partial charge in [-0.1, -0.05) is 25.0 Å². The molecule has 1 aromatic rings. The number of hydrogen-bond acceptors (Lipinski definition) is 3. The number of methoxy groups -OCH3 is 1. The first kappa shape index (κ1) is 18.2. The van der Waals surface area contributed by atoms with E-state index in [2.05, 4.69) is 21.9 Å². The Kier molecular flexibility index (Phi) is 6.74. The summed E-state index contributed by atoms with van der Waals surface area (Å²) in [5.41, 5.74) is 1.20. The Morgan fingerprint density at radius 2 is 1.64 bits per heavy atom. The second kappa shape index (κ2) is 9.23. The summed E-state index contributed by atoms with van der Waals surface area (Å²) in [5, 5.41) is 0. The van der Waals surface area contributed by atoms with Crippen LogP contribution in [-0.4, -0.2) is 55.0 Å². The molecule has 1 amide bonds. The van der Waals surface area contributed by atoms with Crippen molar-refractivity contribution < 1.29 is 9.53 Å². The third-order valence-electron chi connectivity index (χ3n) is 5.76. The molecule has 2 aliphatic heterocycles. The van der Waals surface area contributed by atoms with Crippen molar-refractivity contribution >= 4 is 5.91 Å². The fourth-order valence-corrected chi connectivity index (χ4v) is 4.14. The van der Waals surface area contributed by atoms with E-state index in [1.54, 1.807) is 7.11 Å². The molecule has 2 aliphatic rings. The van der Waals surface area contributed by atoms with Gasteiger partial charge in [-0.05, 0) is 62.9 Å². The molecule has 1 aromatic carbocycles. The highest BCUT2D eigenvalue weighted by molar-refractivity contribution is 5.76. The lowest BCUT2D eigenvalue weighted by Crippen LogP contribution is -2.47. The molecule has 4 heteroatoms. The summed E-state index contributed by atoms with van der Waals surface area (Å²) in [7, 11) is 1.67. The molecular formula is C21H32N2O2. The van der Waals surface area contributed by atoms with Gasteiger partial charge in [0.25, 0.3) is 0 Å². The van der Waals surface area contributed by atoms with Crippen LogP contribution in [0.5, 0.6) is 5.75 Å². The molecule has 4 nitrogen and oxygen atoms in total. The molecule has 2 saturated heterocycles. The van der Waals surface area contributed by atoms with Crippen molar-refractivity contribution in [3.05, 3.63) is 29.8 Å². The fraction of sp³-hybridized carbons (Fsp3) is 0.667. The molecule has 25 heavy (non-hydrogen) atoms. The standard InChI is InChI=1S/C21H32N2O2/c1-25-20-9-6-18(7-10-20)8-11-21(24)23-16-12-19(13-17-23)22-14-4-2-3-5-15-22/h6-7,9-10,19H,2-5,8,11-17H2,1H3. The Morgan fingerprint density at radius 1 is 1.00 bits per heavy atom.